The maximum Gasteiger partial charge on any atom is 0.161 e. The maximum atomic E-state index is 9.46. The molecule has 0 bridgehead atoms. The summed E-state index contributed by atoms with van der Waals surface area (Å²) < 4.78 is 10.5. The highest BCUT2D eigenvalue weighted by molar-refractivity contribution is 5.37. The molecule has 0 amide bonds. The highest BCUT2D eigenvalue weighted by Gasteiger charge is 2.10. The average Bonchev–Trinajstić information content (AvgIpc) is 2.81. The minimum Gasteiger partial charge on any atom is -0.504 e. The van der Waals surface area contributed by atoms with E-state index in [1.54, 1.807) is 42.7 Å². The van der Waals surface area contributed by atoms with Crippen molar-refractivity contribution in [1.29, 1.82) is 0 Å². The number of phenolic OH excluding ortho intramolecular Hbond substituents is 1. The largest absolute Gasteiger partial charge is 0.504 e. The Morgan fingerprint density at radius 3 is 2.75 bits per heavy atom. The van der Waals surface area contributed by atoms with Gasteiger partial charge in [-0.15, -0.1) is 0 Å². The number of benzene rings is 1. The lowest BCUT2D eigenvalue weighted by Gasteiger charge is -2.11. The number of phenols is 1. The molecular weight excluding hydrogens is 206 g/mol. The van der Waals surface area contributed by atoms with E-state index in [1.165, 1.54) is 0 Å². The Kier molecular flexibility index (Phi) is 3.12. The Bertz CT molecular complexity index is 439. The van der Waals surface area contributed by atoms with E-state index in [2.05, 4.69) is 0 Å². The molecule has 0 fully saturated rings. The van der Waals surface area contributed by atoms with E-state index >= 15 is 0 Å². The molecule has 4 heteroatoms. The van der Waals surface area contributed by atoms with E-state index in [4.69, 9.17) is 14.9 Å². The summed E-state index contributed by atoms with van der Waals surface area (Å²) in [6.45, 7) is 0.255. The highest BCUT2D eigenvalue weighted by atomic mass is 16.5. The van der Waals surface area contributed by atoms with E-state index in [1.807, 2.05) is 0 Å². The van der Waals surface area contributed by atoms with Crippen LogP contribution >= 0.6 is 0 Å². The van der Waals surface area contributed by atoms with Crippen LogP contribution in [0.15, 0.2) is 47.1 Å². The van der Waals surface area contributed by atoms with Gasteiger partial charge in [-0.2, -0.15) is 0 Å². The molecular formula is C12H13NO3. The van der Waals surface area contributed by atoms with Crippen molar-refractivity contribution >= 4 is 0 Å². The van der Waals surface area contributed by atoms with Crippen LogP contribution in [0.3, 0.4) is 0 Å². The number of furan rings is 1. The van der Waals surface area contributed by atoms with Gasteiger partial charge in [-0.25, -0.2) is 0 Å². The van der Waals surface area contributed by atoms with Crippen LogP contribution in [0, 0.1) is 0 Å². The SMILES string of the molecule is NC(COc1ccccc1O)c1ccco1. The smallest absolute Gasteiger partial charge is 0.161 e. The number of aromatic hydroxyl groups is 1. The van der Waals surface area contributed by atoms with Gasteiger partial charge in [0.05, 0.1) is 12.3 Å². The minimum absolute atomic E-state index is 0.106. The second-order valence-corrected chi connectivity index (χ2v) is 3.40. The van der Waals surface area contributed by atoms with Crippen LogP contribution in [0.1, 0.15) is 11.8 Å². The van der Waals surface area contributed by atoms with E-state index in [0.29, 0.717) is 11.5 Å². The second kappa shape index (κ2) is 4.72. The number of ether oxygens (including phenoxy) is 1. The molecule has 16 heavy (non-hydrogen) atoms. The van der Waals surface area contributed by atoms with Gasteiger partial charge < -0.3 is 20.0 Å². The summed E-state index contributed by atoms with van der Waals surface area (Å²) >= 11 is 0. The lowest BCUT2D eigenvalue weighted by molar-refractivity contribution is 0.262. The van der Waals surface area contributed by atoms with Crippen LogP contribution in [0.2, 0.25) is 0 Å². The molecule has 84 valence electrons. The maximum absolute atomic E-state index is 9.46. The Morgan fingerprint density at radius 2 is 2.06 bits per heavy atom. The van der Waals surface area contributed by atoms with Crippen molar-refractivity contribution in [2.24, 2.45) is 5.73 Å². The first kappa shape index (κ1) is 10.6. The lowest BCUT2D eigenvalue weighted by Crippen LogP contribution is -2.18. The fourth-order valence-electron chi connectivity index (χ4n) is 1.34. The van der Waals surface area contributed by atoms with Gasteiger partial charge in [0.2, 0.25) is 0 Å². The van der Waals surface area contributed by atoms with Crippen molar-refractivity contribution in [3.63, 3.8) is 0 Å². The van der Waals surface area contributed by atoms with Crippen molar-refractivity contribution in [3.05, 3.63) is 48.4 Å². The van der Waals surface area contributed by atoms with Gasteiger partial charge in [-0.05, 0) is 24.3 Å². The lowest BCUT2D eigenvalue weighted by atomic mass is 10.2. The molecule has 1 unspecified atom stereocenters. The third-order valence-electron chi connectivity index (χ3n) is 2.19. The van der Waals surface area contributed by atoms with Gasteiger partial charge in [0.15, 0.2) is 11.5 Å². The van der Waals surface area contributed by atoms with Crippen LogP contribution in [-0.2, 0) is 0 Å². The van der Waals surface area contributed by atoms with Gasteiger partial charge >= 0.3 is 0 Å². The zero-order valence-corrected chi connectivity index (χ0v) is 8.67. The van der Waals surface area contributed by atoms with Crippen molar-refractivity contribution in [3.8, 4) is 11.5 Å². The quantitative estimate of drug-likeness (QED) is 0.825. The Hall–Kier alpha value is -1.94. The van der Waals surface area contributed by atoms with E-state index in [-0.39, 0.29) is 18.4 Å². The molecule has 1 aromatic heterocycles. The zero-order valence-electron chi connectivity index (χ0n) is 8.67. The van der Waals surface area contributed by atoms with E-state index in [9.17, 15) is 5.11 Å². The normalized spacial score (nSPS) is 12.3. The number of para-hydroxylation sites is 2. The molecule has 0 aliphatic carbocycles. The Labute approximate surface area is 93.3 Å². The van der Waals surface area contributed by atoms with E-state index < -0.39 is 0 Å². The minimum atomic E-state index is -0.338. The summed E-state index contributed by atoms with van der Waals surface area (Å²) in [7, 11) is 0. The summed E-state index contributed by atoms with van der Waals surface area (Å²) in [4.78, 5) is 0. The highest BCUT2D eigenvalue weighted by Crippen LogP contribution is 2.25. The number of hydrogen-bond acceptors (Lipinski definition) is 4. The molecule has 2 aromatic rings. The van der Waals surface area contributed by atoms with E-state index in [0.717, 1.165) is 0 Å². The van der Waals surface area contributed by atoms with Crippen LogP contribution in [0.4, 0.5) is 0 Å². The first-order valence-electron chi connectivity index (χ1n) is 4.97. The number of hydrogen-bond donors (Lipinski definition) is 2. The Balaban J connectivity index is 1.95. The van der Waals surface area contributed by atoms with Gasteiger partial charge in [0.1, 0.15) is 12.4 Å². The van der Waals surface area contributed by atoms with Gasteiger partial charge in [0, 0.05) is 0 Å². The predicted molar refractivity (Wildman–Crippen MR) is 59.2 cm³/mol. The number of rotatable bonds is 4. The molecule has 3 N–H and O–H groups in total. The summed E-state index contributed by atoms with van der Waals surface area (Å²) in [6, 6.07) is 9.99. The summed E-state index contributed by atoms with van der Waals surface area (Å²) in [5.74, 6) is 1.19. The van der Waals surface area contributed by atoms with Crippen molar-refractivity contribution in [2.45, 2.75) is 6.04 Å². The standard InChI is InChI=1S/C12H13NO3/c13-9(11-6-3-7-15-11)8-16-12-5-2-1-4-10(12)14/h1-7,9,14H,8,13H2. The van der Waals surface area contributed by atoms with Gasteiger partial charge in [-0.1, -0.05) is 12.1 Å². The summed E-state index contributed by atoms with van der Waals surface area (Å²) in [5, 5.41) is 9.46. The van der Waals surface area contributed by atoms with Crippen LogP contribution < -0.4 is 10.5 Å². The zero-order chi connectivity index (χ0) is 11.4. The van der Waals surface area contributed by atoms with Crippen LogP contribution in [-0.4, -0.2) is 11.7 Å². The van der Waals surface area contributed by atoms with Crippen LogP contribution in [0.5, 0.6) is 11.5 Å². The molecule has 0 saturated carbocycles. The van der Waals surface area contributed by atoms with Crippen LogP contribution in [0.25, 0.3) is 0 Å². The monoisotopic (exact) mass is 219 g/mol. The molecule has 0 saturated heterocycles. The molecule has 1 aromatic carbocycles. The van der Waals surface area contributed by atoms with Crippen molar-refractivity contribution in [1.82, 2.24) is 0 Å². The fourth-order valence-corrected chi connectivity index (χ4v) is 1.34. The number of nitrogens with two attached hydrogens (primary N) is 1. The predicted octanol–water partition coefficient (Wildman–Crippen LogP) is 2.06. The molecule has 1 heterocycles. The molecule has 0 aliphatic heterocycles. The molecule has 0 spiro atoms. The Morgan fingerprint density at radius 1 is 1.25 bits per heavy atom. The van der Waals surface area contributed by atoms with Crippen molar-refractivity contribution in [2.75, 3.05) is 6.61 Å². The first-order valence-corrected chi connectivity index (χ1v) is 4.97. The summed E-state index contributed by atoms with van der Waals surface area (Å²) in [6.07, 6.45) is 1.56. The topological polar surface area (TPSA) is 68.6 Å². The summed E-state index contributed by atoms with van der Waals surface area (Å²) in [5.41, 5.74) is 5.84. The average molecular weight is 219 g/mol. The fraction of sp³-hybridized carbons (Fsp3) is 0.167. The molecule has 0 aliphatic rings. The van der Waals surface area contributed by atoms with Gasteiger partial charge in [-0.3, -0.25) is 0 Å². The van der Waals surface area contributed by atoms with Crippen molar-refractivity contribution < 1.29 is 14.3 Å². The third-order valence-corrected chi connectivity index (χ3v) is 2.19. The first-order chi connectivity index (χ1) is 7.77. The molecule has 2 rings (SSSR count). The second-order valence-electron chi connectivity index (χ2n) is 3.40. The van der Waals surface area contributed by atoms with Gasteiger partial charge in [0.25, 0.3) is 0 Å². The molecule has 4 nitrogen and oxygen atoms in total. The third kappa shape index (κ3) is 2.35. The molecule has 1 atom stereocenters. The molecule has 0 radical (unpaired) electrons.